The Bertz CT molecular complexity index is 1180. The average Bonchev–Trinajstić information content (AvgIpc) is 3.52. The van der Waals surface area contributed by atoms with Crippen molar-refractivity contribution in [1.29, 1.82) is 0 Å². The van der Waals surface area contributed by atoms with Gasteiger partial charge in [0.25, 0.3) is 5.91 Å². The number of nitrogens with one attached hydrogen (secondary N) is 1. The number of rotatable bonds is 8. The molecular formula is C26H32N6O3. The molecule has 1 atom stereocenters. The second-order valence-electron chi connectivity index (χ2n) is 9.11. The highest BCUT2D eigenvalue weighted by Gasteiger charge is 2.32. The average molecular weight is 477 g/mol. The molecule has 1 heterocycles. The van der Waals surface area contributed by atoms with E-state index in [0.717, 1.165) is 42.4 Å². The van der Waals surface area contributed by atoms with Crippen LogP contribution in [0.2, 0.25) is 0 Å². The van der Waals surface area contributed by atoms with Gasteiger partial charge < -0.3 is 10.1 Å². The molecule has 184 valence electrons. The first-order valence-electron chi connectivity index (χ1n) is 12.0. The first-order chi connectivity index (χ1) is 16.9. The van der Waals surface area contributed by atoms with Crippen molar-refractivity contribution in [3.8, 4) is 17.1 Å². The van der Waals surface area contributed by atoms with Crippen LogP contribution in [0.15, 0.2) is 42.5 Å². The highest BCUT2D eigenvalue weighted by atomic mass is 16.5. The maximum Gasteiger partial charge on any atom is 0.251 e. The molecule has 2 aromatic carbocycles. The van der Waals surface area contributed by atoms with Gasteiger partial charge in [-0.2, -0.15) is 4.80 Å². The number of methoxy groups -OCH3 is 1. The smallest absolute Gasteiger partial charge is 0.251 e. The lowest BCUT2D eigenvalue weighted by Gasteiger charge is -2.30. The number of nitrogens with zero attached hydrogens (tertiary/aromatic N) is 5. The van der Waals surface area contributed by atoms with Crippen LogP contribution in [0.4, 0.5) is 5.69 Å². The first-order valence-corrected chi connectivity index (χ1v) is 12.0. The molecule has 1 aromatic heterocycles. The Morgan fingerprint density at radius 3 is 2.49 bits per heavy atom. The van der Waals surface area contributed by atoms with Crippen LogP contribution in [0.3, 0.4) is 0 Å². The normalized spacial score (nSPS) is 14.5. The van der Waals surface area contributed by atoms with Crippen molar-refractivity contribution in [2.45, 2.75) is 65.1 Å². The van der Waals surface area contributed by atoms with E-state index in [1.807, 2.05) is 50.2 Å². The van der Waals surface area contributed by atoms with E-state index in [1.165, 1.54) is 9.70 Å². The fraction of sp³-hybridized carbons (Fsp3) is 0.423. The molecule has 0 radical (unpaired) electrons. The van der Waals surface area contributed by atoms with Crippen molar-refractivity contribution in [3.63, 3.8) is 0 Å². The summed E-state index contributed by atoms with van der Waals surface area (Å²) in [4.78, 5) is 29.5. The maximum atomic E-state index is 13.6. The molecule has 3 aromatic rings. The Hall–Kier alpha value is -3.75. The van der Waals surface area contributed by atoms with Crippen LogP contribution in [-0.2, 0) is 16.1 Å². The summed E-state index contributed by atoms with van der Waals surface area (Å²) in [6.45, 7) is 5.50. The minimum atomic E-state index is -0.751. The number of aryl methyl sites for hydroxylation is 2. The third-order valence-corrected chi connectivity index (χ3v) is 6.37. The van der Waals surface area contributed by atoms with E-state index in [4.69, 9.17) is 4.74 Å². The van der Waals surface area contributed by atoms with Gasteiger partial charge in [0.2, 0.25) is 11.7 Å². The SMILES string of the molecule is COc1ccc(C)cc1N(C(=O)Cn1nnc(-c2ccc(C)cc2)n1)[C@H](C)C(=O)NC1CCCC1. The number of hydrogen-bond acceptors (Lipinski definition) is 6. The number of tetrazole rings is 1. The molecule has 4 rings (SSSR count). The molecule has 1 saturated carbocycles. The predicted octanol–water partition coefficient (Wildman–Crippen LogP) is 3.45. The number of carbonyl (C=O) groups is 2. The van der Waals surface area contributed by atoms with E-state index in [-0.39, 0.29) is 24.4 Å². The highest BCUT2D eigenvalue weighted by molar-refractivity contribution is 6.01. The summed E-state index contributed by atoms with van der Waals surface area (Å²) in [5.41, 5.74) is 3.42. The van der Waals surface area contributed by atoms with Gasteiger partial charge in [0.05, 0.1) is 12.8 Å². The zero-order valence-electron chi connectivity index (χ0n) is 20.7. The largest absolute Gasteiger partial charge is 0.495 e. The second kappa shape index (κ2) is 10.7. The lowest BCUT2D eigenvalue weighted by molar-refractivity contribution is -0.127. The number of ether oxygens (including phenoxy) is 1. The first kappa shape index (κ1) is 24.4. The molecule has 2 amide bonds. The van der Waals surface area contributed by atoms with Gasteiger partial charge in [-0.15, -0.1) is 10.2 Å². The summed E-state index contributed by atoms with van der Waals surface area (Å²) >= 11 is 0. The molecular weight excluding hydrogens is 444 g/mol. The zero-order chi connectivity index (χ0) is 24.9. The number of aromatic nitrogens is 4. The fourth-order valence-corrected chi connectivity index (χ4v) is 4.38. The molecule has 0 bridgehead atoms. The summed E-state index contributed by atoms with van der Waals surface area (Å²) in [7, 11) is 1.55. The van der Waals surface area contributed by atoms with E-state index in [2.05, 4.69) is 20.7 Å². The third-order valence-electron chi connectivity index (χ3n) is 6.37. The number of benzene rings is 2. The minimum Gasteiger partial charge on any atom is -0.495 e. The van der Waals surface area contributed by atoms with Crippen molar-refractivity contribution < 1.29 is 14.3 Å². The van der Waals surface area contributed by atoms with Crippen LogP contribution in [0.25, 0.3) is 11.4 Å². The molecule has 0 saturated heterocycles. The van der Waals surface area contributed by atoms with Gasteiger partial charge in [0.1, 0.15) is 18.3 Å². The monoisotopic (exact) mass is 476 g/mol. The molecule has 35 heavy (non-hydrogen) atoms. The Labute approximate surface area is 205 Å². The molecule has 0 spiro atoms. The summed E-state index contributed by atoms with van der Waals surface area (Å²) < 4.78 is 5.54. The quantitative estimate of drug-likeness (QED) is 0.534. The number of hydrogen-bond donors (Lipinski definition) is 1. The van der Waals surface area contributed by atoms with Gasteiger partial charge >= 0.3 is 0 Å². The van der Waals surface area contributed by atoms with E-state index in [1.54, 1.807) is 20.1 Å². The van der Waals surface area contributed by atoms with Gasteiger partial charge in [-0.05, 0) is 56.5 Å². The van der Waals surface area contributed by atoms with Crippen LogP contribution in [0, 0.1) is 13.8 Å². The van der Waals surface area contributed by atoms with Crippen molar-refractivity contribution >= 4 is 17.5 Å². The Morgan fingerprint density at radius 2 is 1.80 bits per heavy atom. The molecule has 1 aliphatic carbocycles. The lowest BCUT2D eigenvalue weighted by Crippen LogP contribution is -2.51. The van der Waals surface area contributed by atoms with Gasteiger partial charge in [0, 0.05) is 11.6 Å². The second-order valence-corrected chi connectivity index (χ2v) is 9.11. The maximum absolute atomic E-state index is 13.6. The Morgan fingerprint density at radius 1 is 1.11 bits per heavy atom. The van der Waals surface area contributed by atoms with E-state index in [9.17, 15) is 9.59 Å². The van der Waals surface area contributed by atoms with Crippen LogP contribution in [-0.4, -0.2) is 51.2 Å². The predicted molar refractivity (Wildman–Crippen MR) is 133 cm³/mol. The highest BCUT2D eigenvalue weighted by Crippen LogP contribution is 2.31. The summed E-state index contributed by atoms with van der Waals surface area (Å²) in [5.74, 6) is 0.414. The summed E-state index contributed by atoms with van der Waals surface area (Å²) in [6, 6.07) is 12.7. The standard InChI is InChI=1S/C26H32N6O3/c1-17-9-12-20(13-10-17)25-28-30-31(29-25)16-24(33)32(22-15-18(2)11-14-23(22)35-4)19(3)26(34)27-21-7-5-6-8-21/h9-15,19,21H,5-8,16H2,1-4H3,(H,27,34)/t19-/m1/s1. The van der Waals surface area contributed by atoms with E-state index in [0.29, 0.717) is 17.3 Å². The topological polar surface area (TPSA) is 102 Å². The number of carbonyl (C=O) groups excluding carboxylic acids is 2. The zero-order valence-corrected chi connectivity index (χ0v) is 20.7. The van der Waals surface area contributed by atoms with Crippen LogP contribution in [0.5, 0.6) is 5.75 Å². The lowest BCUT2D eigenvalue weighted by atomic mass is 10.1. The van der Waals surface area contributed by atoms with Crippen LogP contribution in [0.1, 0.15) is 43.7 Å². The van der Waals surface area contributed by atoms with Crippen molar-refractivity contribution in [3.05, 3.63) is 53.6 Å². The van der Waals surface area contributed by atoms with Gasteiger partial charge in [0.15, 0.2) is 0 Å². The van der Waals surface area contributed by atoms with Crippen LogP contribution >= 0.6 is 0 Å². The van der Waals surface area contributed by atoms with E-state index >= 15 is 0 Å². The van der Waals surface area contributed by atoms with Gasteiger partial charge in [-0.25, -0.2) is 0 Å². The van der Waals surface area contributed by atoms with Crippen molar-refractivity contribution in [2.75, 3.05) is 12.0 Å². The fourth-order valence-electron chi connectivity index (χ4n) is 4.38. The molecule has 0 aliphatic heterocycles. The minimum absolute atomic E-state index is 0.148. The van der Waals surface area contributed by atoms with Crippen LogP contribution < -0.4 is 15.0 Å². The molecule has 1 aliphatic rings. The van der Waals surface area contributed by atoms with Gasteiger partial charge in [-0.1, -0.05) is 48.7 Å². The molecule has 9 nitrogen and oxygen atoms in total. The molecule has 1 fully saturated rings. The Balaban J connectivity index is 1.60. The van der Waals surface area contributed by atoms with Crippen molar-refractivity contribution in [2.24, 2.45) is 0 Å². The summed E-state index contributed by atoms with van der Waals surface area (Å²) in [6.07, 6.45) is 4.14. The third kappa shape index (κ3) is 5.67. The number of anilines is 1. The molecule has 0 unspecified atom stereocenters. The molecule has 9 heteroatoms. The van der Waals surface area contributed by atoms with Crippen molar-refractivity contribution in [1.82, 2.24) is 25.5 Å². The number of amides is 2. The Kier molecular flexibility index (Phi) is 7.43. The van der Waals surface area contributed by atoms with Gasteiger partial charge in [-0.3, -0.25) is 14.5 Å². The molecule has 1 N–H and O–H groups in total. The summed E-state index contributed by atoms with van der Waals surface area (Å²) in [5, 5.41) is 15.7. The van der Waals surface area contributed by atoms with E-state index < -0.39 is 6.04 Å².